The molecule has 0 bridgehead atoms. The third kappa shape index (κ3) is 4.56. The highest BCUT2D eigenvalue weighted by atomic mass is 79.9. The predicted molar refractivity (Wildman–Crippen MR) is 110 cm³/mol. The van der Waals surface area contributed by atoms with Gasteiger partial charge in [0.25, 0.3) is 5.91 Å². The second-order valence-corrected chi connectivity index (χ2v) is 7.79. The molecule has 1 fully saturated rings. The van der Waals surface area contributed by atoms with E-state index in [4.69, 9.17) is 0 Å². The van der Waals surface area contributed by atoms with Crippen LogP contribution in [0.3, 0.4) is 0 Å². The molecule has 1 unspecified atom stereocenters. The molecule has 5 nitrogen and oxygen atoms in total. The SMILES string of the molecule is CCN(C(=O)C1CCCN(C(=O)c2ccc(C)cc2)C1)c1ccc(Br)cn1. The number of nitrogens with zero attached hydrogens (tertiary/aromatic N) is 3. The van der Waals surface area contributed by atoms with E-state index in [2.05, 4.69) is 20.9 Å². The van der Waals surface area contributed by atoms with Gasteiger partial charge in [-0.15, -0.1) is 0 Å². The van der Waals surface area contributed by atoms with Crippen molar-refractivity contribution in [3.63, 3.8) is 0 Å². The van der Waals surface area contributed by atoms with Gasteiger partial charge in [0.05, 0.1) is 5.92 Å². The van der Waals surface area contributed by atoms with Crippen LogP contribution in [-0.4, -0.2) is 41.3 Å². The summed E-state index contributed by atoms with van der Waals surface area (Å²) in [6.45, 7) is 5.65. The molecule has 2 aromatic rings. The summed E-state index contributed by atoms with van der Waals surface area (Å²) in [4.78, 5) is 33.8. The van der Waals surface area contributed by atoms with Gasteiger partial charge >= 0.3 is 0 Å². The van der Waals surface area contributed by atoms with E-state index in [1.54, 1.807) is 16.0 Å². The number of piperidine rings is 1. The van der Waals surface area contributed by atoms with Crippen molar-refractivity contribution in [1.82, 2.24) is 9.88 Å². The van der Waals surface area contributed by atoms with E-state index in [1.807, 2.05) is 50.2 Å². The molecule has 142 valence electrons. The lowest BCUT2D eigenvalue weighted by atomic mass is 9.95. The number of hydrogen-bond acceptors (Lipinski definition) is 3. The predicted octanol–water partition coefficient (Wildman–Crippen LogP) is 4.06. The normalized spacial score (nSPS) is 16.9. The maximum Gasteiger partial charge on any atom is 0.253 e. The van der Waals surface area contributed by atoms with Gasteiger partial charge in [0.1, 0.15) is 5.82 Å². The molecule has 1 aliphatic rings. The third-order valence-electron chi connectivity index (χ3n) is 4.93. The van der Waals surface area contributed by atoms with E-state index in [9.17, 15) is 9.59 Å². The van der Waals surface area contributed by atoms with E-state index >= 15 is 0 Å². The fourth-order valence-corrected chi connectivity index (χ4v) is 3.66. The maximum absolute atomic E-state index is 13.1. The molecule has 2 amide bonds. The summed E-state index contributed by atoms with van der Waals surface area (Å²) < 4.78 is 0.877. The molecule has 3 rings (SSSR count). The van der Waals surface area contributed by atoms with Crippen molar-refractivity contribution in [2.24, 2.45) is 5.92 Å². The molecule has 6 heteroatoms. The lowest BCUT2D eigenvalue weighted by Crippen LogP contribution is -2.47. The molecular weight excluding hydrogens is 406 g/mol. The number of aryl methyl sites for hydroxylation is 1. The number of halogens is 1. The molecule has 1 saturated heterocycles. The van der Waals surface area contributed by atoms with Crippen LogP contribution >= 0.6 is 15.9 Å². The Kier molecular flexibility index (Phi) is 6.26. The van der Waals surface area contributed by atoms with Gasteiger partial charge in [-0.05, 0) is 66.9 Å². The van der Waals surface area contributed by atoms with Crippen LogP contribution in [-0.2, 0) is 4.79 Å². The van der Waals surface area contributed by atoms with Crippen molar-refractivity contribution in [2.75, 3.05) is 24.5 Å². The van der Waals surface area contributed by atoms with Crippen molar-refractivity contribution in [3.8, 4) is 0 Å². The van der Waals surface area contributed by atoms with Crippen molar-refractivity contribution < 1.29 is 9.59 Å². The van der Waals surface area contributed by atoms with Crippen LogP contribution in [0.5, 0.6) is 0 Å². The van der Waals surface area contributed by atoms with Crippen LogP contribution in [0, 0.1) is 12.8 Å². The summed E-state index contributed by atoms with van der Waals surface area (Å²) in [5.41, 5.74) is 1.80. The largest absolute Gasteiger partial charge is 0.338 e. The van der Waals surface area contributed by atoms with Gasteiger partial charge in [-0.3, -0.25) is 14.5 Å². The molecule has 0 radical (unpaired) electrons. The Morgan fingerprint density at radius 3 is 2.59 bits per heavy atom. The van der Waals surface area contributed by atoms with Crippen LogP contribution in [0.1, 0.15) is 35.7 Å². The summed E-state index contributed by atoms with van der Waals surface area (Å²) in [5, 5.41) is 0. The Bertz CT molecular complexity index is 805. The Morgan fingerprint density at radius 1 is 1.22 bits per heavy atom. The minimum Gasteiger partial charge on any atom is -0.338 e. The van der Waals surface area contributed by atoms with Crippen LogP contribution in [0.15, 0.2) is 47.1 Å². The summed E-state index contributed by atoms with van der Waals surface area (Å²) >= 11 is 3.37. The number of benzene rings is 1. The number of hydrogen-bond donors (Lipinski definition) is 0. The Labute approximate surface area is 168 Å². The lowest BCUT2D eigenvalue weighted by molar-refractivity contribution is -0.123. The molecule has 0 spiro atoms. The zero-order valence-electron chi connectivity index (χ0n) is 15.7. The highest BCUT2D eigenvalue weighted by molar-refractivity contribution is 9.10. The third-order valence-corrected chi connectivity index (χ3v) is 5.40. The topological polar surface area (TPSA) is 53.5 Å². The summed E-state index contributed by atoms with van der Waals surface area (Å²) in [6, 6.07) is 11.3. The van der Waals surface area contributed by atoms with Gasteiger partial charge in [-0.2, -0.15) is 0 Å². The maximum atomic E-state index is 13.1. The molecule has 0 aliphatic carbocycles. The number of amides is 2. The zero-order valence-corrected chi connectivity index (χ0v) is 17.3. The van der Waals surface area contributed by atoms with Crippen molar-refractivity contribution in [3.05, 3.63) is 58.2 Å². The fourth-order valence-electron chi connectivity index (χ4n) is 3.42. The van der Waals surface area contributed by atoms with E-state index < -0.39 is 0 Å². The number of carbonyl (C=O) groups is 2. The van der Waals surface area contributed by atoms with Crippen molar-refractivity contribution >= 4 is 33.6 Å². The van der Waals surface area contributed by atoms with Gasteiger partial charge in [-0.1, -0.05) is 17.7 Å². The summed E-state index contributed by atoms with van der Waals surface area (Å²) in [7, 11) is 0. The van der Waals surface area contributed by atoms with E-state index in [1.165, 1.54) is 0 Å². The number of carbonyl (C=O) groups excluding carboxylic acids is 2. The van der Waals surface area contributed by atoms with Gasteiger partial charge in [-0.25, -0.2) is 4.98 Å². The molecule has 2 heterocycles. The minimum atomic E-state index is -0.196. The van der Waals surface area contributed by atoms with Crippen LogP contribution in [0.2, 0.25) is 0 Å². The second-order valence-electron chi connectivity index (χ2n) is 6.87. The molecule has 0 N–H and O–H groups in total. The monoisotopic (exact) mass is 429 g/mol. The average Bonchev–Trinajstić information content (AvgIpc) is 2.70. The van der Waals surface area contributed by atoms with Gasteiger partial charge in [0.15, 0.2) is 0 Å². The first-order chi connectivity index (χ1) is 13.0. The van der Waals surface area contributed by atoms with Crippen LogP contribution < -0.4 is 4.90 Å². The first-order valence-corrected chi connectivity index (χ1v) is 10.1. The molecule has 1 aromatic carbocycles. The van der Waals surface area contributed by atoms with E-state index in [0.29, 0.717) is 31.0 Å². The summed E-state index contributed by atoms with van der Waals surface area (Å²) in [5.74, 6) is 0.484. The molecule has 0 saturated carbocycles. The Hall–Kier alpha value is -2.21. The minimum absolute atomic E-state index is 0.00249. The van der Waals surface area contributed by atoms with E-state index in [-0.39, 0.29) is 17.7 Å². The highest BCUT2D eigenvalue weighted by Gasteiger charge is 2.32. The molecular formula is C21H24BrN3O2. The zero-order chi connectivity index (χ0) is 19.4. The second kappa shape index (κ2) is 8.65. The quantitative estimate of drug-likeness (QED) is 0.735. The molecule has 1 atom stereocenters. The molecule has 1 aromatic heterocycles. The van der Waals surface area contributed by atoms with Crippen molar-refractivity contribution in [1.29, 1.82) is 0 Å². The molecule has 1 aliphatic heterocycles. The first-order valence-electron chi connectivity index (χ1n) is 9.28. The fraction of sp³-hybridized carbons (Fsp3) is 0.381. The Morgan fingerprint density at radius 2 is 1.96 bits per heavy atom. The summed E-state index contributed by atoms with van der Waals surface area (Å²) in [6.07, 6.45) is 3.32. The van der Waals surface area contributed by atoms with Crippen molar-refractivity contribution in [2.45, 2.75) is 26.7 Å². The smallest absolute Gasteiger partial charge is 0.253 e. The number of anilines is 1. The number of aromatic nitrogens is 1. The first kappa shape index (κ1) is 19.5. The Balaban J connectivity index is 1.72. The lowest BCUT2D eigenvalue weighted by Gasteiger charge is -2.34. The van der Waals surface area contributed by atoms with E-state index in [0.717, 1.165) is 22.9 Å². The van der Waals surface area contributed by atoms with Crippen LogP contribution in [0.25, 0.3) is 0 Å². The van der Waals surface area contributed by atoms with Crippen LogP contribution in [0.4, 0.5) is 5.82 Å². The van der Waals surface area contributed by atoms with Gasteiger partial charge in [0, 0.05) is 35.9 Å². The average molecular weight is 430 g/mol. The number of likely N-dealkylation sites (tertiary alicyclic amines) is 1. The van der Waals surface area contributed by atoms with Gasteiger partial charge < -0.3 is 4.90 Å². The number of rotatable bonds is 4. The molecule has 27 heavy (non-hydrogen) atoms. The van der Waals surface area contributed by atoms with Gasteiger partial charge in [0.2, 0.25) is 5.91 Å². The number of pyridine rings is 1. The highest BCUT2D eigenvalue weighted by Crippen LogP contribution is 2.24. The standard InChI is InChI=1S/C21H24BrN3O2/c1-3-25(19-11-10-18(22)13-23-19)21(27)17-5-4-12-24(14-17)20(26)16-8-6-15(2)7-9-16/h6-11,13,17H,3-5,12,14H2,1-2H3.